The molecule has 0 aromatic heterocycles. The van der Waals surface area contributed by atoms with Gasteiger partial charge in [0.25, 0.3) is 0 Å². The van der Waals surface area contributed by atoms with Gasteiger partial charge in [-0.15, -0.1) is 0 Å². The first-order valence-corrected chi connectivity index (χ1v) is 28.6. The lowest BCUT2D eigenvalue weighted by molar-refractivity contribution is -0.166. The fourth-order valence-electron chi connectivity index (χ4n) is 7.88. The normalized spacial score (nSPS) is 12.7. The molecule has 0 aliphatic rings. The maximum atomic E-state index is 12.8. The molecular weight excluding hydrogens is 841 g/mol. The molecule has 6 nitrogen and oxygen atoms in total. The third-order valence-electron chi connectivity index (χ3n) is 12.1. The summed E-state index contributed by atoms with van der Waals surface area (Å²) in [6.45, 7) is 6.47. The molecule has 0 spiro atoms. The van der Waals surface area contributed by atoms with Gasteiger partial charge in [-0.1, -0.05) is 254 Å². The Hall–Kier alpha value is -3.41. The van der Waals surface area contributed by atoms with Crippen molar-refractivity contribution in [1.82, 2.24) is 0 Å². The standard InChI is InChI=1S/C62H106O6/c1-4-7-10-13-16-19-22-25-27-29-31-33-35-37-40-43-46-49-52-55-61(64)67-58-59(57-66-60(63)54-51-48-45-42-39-24-21-18-15-12-9-6-3)68-62(65)56-53-50-47-44-41-38-36-34-32-30-28-26-23-20-17-14-11-8-5-2/h7,10,16,19,25,27,30-33,37,40,46,49,59H,4-6,8-9,11-15,17-18,20-24,26,28-29,34-36,38-39,41-45,47-48,50-58H2,1-3H3/b10-7-,19-16-,27-25-,32-30-,33-31-,40-37-,49-46-/t59-/m1/s1. The molecule has 0 rings (SSSR count). The summed E-state index contributed by atoms with van der Waals surface area (Å²) in [5.74, 6) is -0.986. The van der Waals surface area contributed by atoms with E-state index in [1.807, 2.05) is 6.08 Å². The third kappa shape index (κ3) is 53.5. The zero-order chi connectivity index (χ0) is 49.3. The molecule has 0 unspecified atom stereocenters. The second-order valence-electron chi connectivity index (χ2n) is 18.8. The lowest BCUT2D eigenvalue weighted by atomic mass is 10.0. The van der Waals surface area contributed by atoms with E-state index in [0.717, 1.165) is 77.0 Å². The average Bonchev–Trinajstić information content (AvgIpc) is 3.34. The number of rotatable bonds is 51. The Bertz CT molecular complexity index is 1320. The molecule has 0 saturated heterocycles. The number of hydrogen-bond donors (Lipinski definition) is 0. The molecule has 0 heterocycles. The number of hydrogen-bond acceptors (Lipinski definition) is 6. The van der Waals surface area contributed by atoms with Crippen LogP contribution in [0.25, 0.3) is 0 Å². The fraction of sp³-hybridized carbons (Fsp3) is 0.726. The highest BCUT2D eigenvalue weighted by Crippen LogP contribution is 2.15. The van der Waals surface area contributed by atoms with Crippen molar-refractivity contribution in [2.75, 3.05) is 13.2 Å². The number of carbonyl (C=O) groups excluding carboxylic acids is 3. The van der Waals surface area contributed by atoms with E-state index in [9.17, 15) is 14.4 Å². The van der Waals surface area contributed by atoms with Gasteiger partial charge in [0.2, 0.25) is 0 Å². The maximum absolute atomic E-state index is 12.8. The molecule has 0 aromatic rings. The van der Waals surface area contributed by atoms with E-state index >= 15 is 0 Å². The molecule has 0 amide bonds. The summed E-state index contributed by atoms with van der Waals surface area (Å²) in [5.41, 5.74) is 0. The quantitative estimate of drug-likeness (QED) is 0.0262. The summed E-state index contributed by atoms with van der Waals surface area (Å²) >= 11 is 0. The van der Waals surface area contributed by atoms with Gasteiger partial charge in [0.05, 0.1) is 0 Å². The van der Waals surface area contributed by atoms with Crippen LogP contribution in [-0.2, 0) is 28.6 Å². The van der Waals surface area contributed by atoms with Crippen LogP contribution < -0.4 is 0 Å². The van der Waals surface area contributed by atoms with Crippen molar-refractivity contribution in [3.8, 4) is 0 Å². The van der Waals surface area contributed by atoms with E-state index in [1.165, 1.54) is 148 Å². The predicted octanol–water partition coefficient (Wildman–Crippen LogP) is 19.2. The van der Waals surface area contributed by atoms with E-state index < -0.39 is 6.10 Å². The average molecular weight is 948 g/mol. The van der Waals surface area contributed by atoms with E-state index in [0.29, 0.717) is 19.3 Å². The highest BCUT2D eigenvalue weighted by Gasteiger charge is 2.19. The van der Waals surface area contributed by atoms with Gasteiger partial charge < -0.3 is 14.2 Å². The van der Waals surface area contributed by atoms with Gasteiger partial charge in [-0.3, -0.25) is 14.4 Å². The maximum Gasteiger partial charge on any atom is 0.306 e. The summed E-state index contributed by atoms with van der Waals surface area (Å²) in [6.07, 6.45) is 73.0. The van der Waals surface area contributed by atoms with Crippen LogP contribution in [0.4, 0.5) is 0 Å². The summed E-state index contributed by atoms with van der Waals surface area (Å²) in [7, 11) is 0. The number of allylic oxidation sites excluding steroid dienone is 14. The van der Waals surface area contributed by atoms with Crippen LogP contribution in [-0.4, -0.2) is 37.2 Å². The van der Waals surface area contributed by atoms with Crippen LogP contribution >= 0.6 is 0 Å². The van der Waals surface area contributed by atoms with Crippen LogP contribution in [0.3, 0.4) is 0 Å². The Morgan fingerprint density at radius 2 is 0.603 bits per heavy atom. The number of unbranched alkanes of at least 4 members (excludes halogenated alkanes) is 26. The molecule has 0 saturated carbocycles. The second-order valence-corrected chi connectivity index (χ2v) is 18.8. The molecule has 0 aliphatic carbocycles. The highest BCUT2D eigenvalue weighted by molar-refractivity contribution is 5.71. The third-order valence-corrected chi connectivity index (χ3v) is 12.1. The summed E-state index contributed by atoms with van der Waals surface area (Å²) in [6, 6.07) is 0. The number of ether oxygens (including phenoxy) is 3. The topological polar surface area (TPSA) is 78.9 Å². The first kappa shape index (κ1) is 64.6. The Morgan fingerprint density at radius 1 is 0.309 bits per heavy atom. The first-order valence-electron chi connectivity index (χ1n) is 28.6. The zero-order valence-corrected chi connectivity index (χ0v) is 44.6. The van der Waals surface area contributed by atoms with Gasteiger partial charge in [0.1, 0.15) is 13.2 Å². The van der Waals surface area contributed by atoms with Crippen LogP contribution in [0.2, 0.25) is 0 Å². The summed E-state index contributed by atoms with van der Waals surface area (Å²) in [4.78, 5) is 38.1. The van der Waals surface area contributed by atoms with Crippen molar-refractivity contribution >= 4 is 17.9 Å². The Kier molecular flexibility index (Phi) is 53.4. The minimum absolute atomic E-state index is 0.0996. The van der Waals surface area contributed by atoms with E-state index in [2.05, 4.69) is 99.8 Å². The van der Waals surface area contributed by atoms with Gasteiger partial charge in [-0.25, -0.2) is 0 Å². The van der Waals surface area contributed by atoms with Crippen molar-refractivity contribution in [3.05, 3.63) is 85.1 Å². The van der Waals surface area contributed by atoms with Gasteiger partial charge >= 0.3 is 17.9 Å². The molecule has 0 radical (unpaired) electrons. The van der Waals surface area contributed by atoms with Crippen LogP contribution in [0.5, 0.6) is 0 Å². The van der Waals surface area contributed by atoms with Gasteiger partial charge in [0.15, 0.2) is 6.10 Å². The number of esters is 3. The van der Waals surface area contributed by atoms with Crippen molar-refractivity contribution < 1.29 is 28.6 Å². The minimum atomic E-state index is -0.808. The number of carbonyl (C=O) groups is 3. The Balaban J connectivity index is 4.46. The van der Waals surface area contributed by atoms with Crippen molar-refractivity contribution in [2.24, 2.45) is 0 Å². The van der Waals surface area contributed by atoms with Crippen LogP contribution in [0.15, 0.2) is 85.1 Å². The van der Waals surface area contributed by atoms with Crippen molar-refractivity contribution in [1.29, 1.82) is 0 Å². The molecule has 390 valence electrons. The summed E-state index contributed by atoms with van der Waals surface area (Å²) < 4.78 is 16.8. The predicted molar refractivity (Wildman–Crippen MR) is 293 cm³/mol. The lowest BCUT2D eigenvalue weighted by Crippen LogP contribution is -2.30. The molecule has 0 bridgehead atoms. The monoisotopic (exact) mass is 947 g/mol. The fourth-order valence-corrected chi connectivity index (χ4v) is 7.88. The smallest absolute Gasteiger partial charge is 0.306 e. The van der Waals surface area contributed by atoms with E-state index in [1.54, 1.807) is 0 Å². The highest BCUT2D eigenvalue weighted by atomic mass is 16.6. The second kappa shape index (κ2) is 56.2. The van der Waals surface area contributed by atoms with Crippen molar-refractivity contribution in [2.45, 2.75) is 277 Å². The van der Waals surface area contributed by atoms with Gasteiger partial charge in [-0.05, 0) is 83.5 Å². The molecule has 0 aliphatic heterocycles. The van der Waals surface area contributed by atoms with Gasteiger partial charge in [0, 0.05) is 19.3 Å². The van der Waals surface area contributed by atoms with Crippen molar-refractivity contribution in [3.63, 3.8) is 0 Å². The first-order chi connectivity index (χ1) is 33.5. The molecule has 68 heavy (non-hydrogen) atoms. The lowest BCUT2D eigenvalue weighted by Gasteiger charge is -2.18. The minimum Gasteiger partial charge on any atom is -0.462 e. The molecule has 0 fully saturated rings. The summed E-state index contributed by atoms with van der Waals surface area (Å²) in [5, 5.41) is 0. The molecule has 0 N–H and O–H groups in total. The van der Waals surface area contributed by atoms with E-state index in [4.69, 9.17) is 14.2 Å². The molecule has 0 aromatic carbocycles. The molecular formula is C62H106O6. The largest absolute Gasteiger partial charge is 0.462 e. The van der Waals surface area contributed by atoms with Crippen LogP contribution in [0.1, 0.15) is 271 Å². The SMILES string of the molecule is CC/C=C\C/C=C\C/C=C\C/C=C\C/C=C\C/C=C\CCC(=O)OC[C@@H](COC(=O)CCCCCCCCCCCCCC)OC(=O)CCCCCCCCC/C=C\CCCCCCCCCC. The van der Waals surface area contributed by atoms with E-state index in [-0.39, 0.29) is 37.5 Å². The Morgan fingerprint density at radius 3 is 0.985 bits per heavy atom. The molecule has 1 atom stereocenters. The zero-order valence-electron chi connectivity index (χ0n) is 44.6. The Labute approximate surface area is 420 Å². The molecule has 6 heteroatoms. The van der Waals surface area contributed by atoms with Crippen LogP contribution in [0, 0.1) is 0 Å². The van der Waals surface area contributed by atoms with Gasteiger partial charge in [-0.2, -0.15) is 0 Å².